The van der Waals surface area contributed by atoms with Gasteiger partial charge in [-0.15, -0.1) is 0 Å². The molecule has 21 heavy (non-hydrogen) atoms. The second kappa shape index (κ2) is 5.40. The number of aromatic nitrogens is 2. The van der Waals surface area contributed by atoms with Gasteiger partial charge in [0.05, 0.1) is 11.3 Å². The zero-order chi connectivity index (χ0) is 15.8. The molecule has 0 aliphatic heterocycles. The van der Waals surface area contributed by atoms with E-state index in [1.165, 1.54) is 12.1 Å². The number of aryl methyl sites for hydroxylation is 1. The van der Waals surface area contributed by atoms with Crippen LogP contribution in [0, 0.1) is 13.8 Å². The smallest absolute Gasteiger partial charge is 0.383 e. The Kier molecular flexibility index (Phi) is 3.95. The SMILES string of the molecule is Cc1nc(N)c(C)c(Nc2ccc(Cl)cc2C(F)(F)F)n1. The van der Waals surface area contributed by atoms with Crippen LogP contribution in [0.3, 0.4) is 0 Å². The molecule has 4 nitrogen and oxygen atoms in total. The maximum atomic E-state index is 13.0. The first-order valence-electron chi connectivity index (χ1n) is 5.93. The van der Waals surface area contributed by atoms with Crippen molar-refractivity contribution < 1.29 is 13.2 Å². The van der Waals surface area contributed by atoms with Crippen LogP contribution in [0.25, 0.3) is 0 Å². The number of hydrogen-bond donors (Lipinski definition) is 2. The van der Waals surface area contributed by atoms with Gasteiger partial charge in [-0.05, 0) is 32.0 Å². The summed E-state index contributed by atoms with van der Waals surface area (Å²) in [5.74, 6) is 0.809. The van der Waals surface area contributed by atoms with E-state index in [9.17, 15) is 13.2 Å². The second-order valence-electron chi connectivity index (χ2n) is 4.44. The molecule has 1 aromatic carbocycles. The van der Waals surface area contributed by atoms with Crippen LogP contribution in [0.1, 0.15) is 17.0 Å². The minimum Gasteiger partial charge on any atom is -0.383 e. The topological polar surface area (TPSA) is 63.8 Å². The fourth-order valence-corrected chi connectivity index (χ4v) is 1.93. The molecule has 0 saturated heterocycles. The Morgan fingerprint density at radius 1 is 1.19 bits per heavy atom. The van der Waals surface area contributed by atoms with Crippen molar-refractivity contribution in [2.75, 3.05) is 11.1 Å². The Labute approximate surface area is 124 Å². The zero-order valence-corrected chi connectivity index (χ0v) is 12.0. The van der Waals surface area contributed by atoms with Crippen LogP contribution >= 0.6 is 11.6 Å². The Morgan fingerprint density at radius 2 is 1.86 bits per heavy atom. The fourth-order valence-electron chi connectivity index (χ4n) is 1.76. The van der Waals surface area contributed by atoms with Crippen molar-refractivity contribution in [3.63, 3.8) is 0 Å². The summed E-state index contributed by atoms with van der Waals surface area (Å²) in [4.78, 5) is 8.02. The van der Waals surface area contributed by atoms with E-state index >= 15 is 0 Å². The van der Waals surface area contributed by atoms with Gasteiger partial charge in [0.1, 0.15) is 17.5 Å². The van der Waals surface area contributed by atoms with Crippen molar-refractivity contribution in [1.82, 2.24) is 9.97 Å². The van der Waals surface area contributed by atoms with E-state index in [4.69, 9.17) is 17.3 Å². The molecule has 112 valence electrons. The van der Waals surface area contributed by atoms with Crippen molar-refractivity contribution in [2.24, 2.45) is 0 Å². The molecule has 2 aromatic rings. The third-order valence-corrected chi connectivity index (χ3v) is 3.07. The Morgan fingerprint density at radius 3 is 2.48 bits per heavy atom. The lowest BCUT2D eigenvalue weighted by Crippen LogP contribution is -2.11. The summed E-state index contributed by atoms with van der Waals surface area (Å²) in [5, 5.41) is 2.65. The van der Waals surface area contributed by atoms with Crippen LogP contribution < -0.4 is 11.1 Å². The van der Waals surface area contributed by atoms with E-state index in [0.29, 0.717) is 11.4 Å². The lowest BCUT2D eigenvalue weighted by molar-refractivity contribution is -0.136. The maximum Gasteiger partial charge on any atom is 0.418 e. The third-order valence-electron chi connectivity index (χ3n) is 2.84. The highest BCUT2D eigenvalue weighted by Gasteiger charge is 2.34. The van der Waals surface area contributed by atoms with E-state index < -0.39 is 11.7 Å². The van der Waals surface area contributed by atoms with Crippen molar-refractivity contribution in [1.29, 1.82) is 0 Å². The number of anilines is 3. The molecule has 0 spiro atoms. The first-order chi connectivity index (χ1) is 9.68. The van der Waals surface area contributed by atoms with Gasteiger partial charge in [0.25, 0.3) is 0 Å². The zero-order valence-electron chi connectivity index (χ0n) is 11.2. The number of nitrogens with one attached hydrogen (secondary N) is 1. The number of nitrogens with zero attached hydrogens (tertiary/aromatic N) is 2. The van der Waals surface area contributed by atoms with Crippen molar-refractivity contribution in [2.45, 2.75) is 20.0 Å². The largest absolute Gasteiger partial charge is 0.418 e. The molecule has 0 unspecified atom stereocenters. The highest BCUT2D eigenvalue weighted by atomic mass is 35.5. The molecular weight excluding hydrogens is 305 g/mol. The molecule has 0 fully saturated rings. The molecule has 1 aromatic heterocycles. The summed E-state index contributed by atoms with van der Waals surface area (Å²) in [5.41, 5.74) is 5.15. The molecular formula is C13H12ClF3N4. The highest BCUT2D eigenvalue weighted by molar-refractivity contribution is 6.30. The lowest BCUT2D eigenvalue weighted by Gasteiger charge is -2.16. The van der Waals surface area contributed by atoms with Crippen LogP contribution in [-0.2, 0) is 6.18 Å². The van der Waals surface area contributed by atoms with Crippen LogP contribution in [0.5, 0.6) is 0 Å². The predicted octanol–water partition coefficient (Wildman–Crippen LogP) is 4.09. The van der Waals surface area contributed by atoms with Gasteiger partial charge in [-0.25, -0.2) is 9.97 Å². The molecule has 0 amide bonds. The van der Waals surface area contributed by atoms with Gasteiger partial charge in [-0.3, -0.25) is 0 Å². The van der Waals surface area contributed by atoms with Gasteiger partial charge in [0.15, 0.2) is 0 Å². The van der Waals surface area contributed by atoms with Crippen molar-refractivity contribution in [3.05, 3.63) is 40.2 Å². The molecule has 0 saturated carbocycles. The summed E-state index contributed by atoms with van der Waals surface area (Å²) in [6.45, 7) is 3.23. The minimum atomic E-state index is -4.53. The quantitative estimate of drug-likeness (QED) is 0.876. The molecule has 0 atom stereocenters. The van der Waals surface area contributed by atoms with Crippen LogP contribution in [-0.4, -0.2) is 9.97 Å². The second-order valence-corrected chi connectivity index (χ2v) is 4.88. The molecule has 0 bridgehead atoms. The van der Waals surface area contributed by atoms with Gasteiger partial charge >= 0.3 is 6.18 Å². The monoisotopic (exact) mass is 316 g/mol. The molecule has 1 heterocycles. The number of halogens is 4. The standard InChI is InChI=1S/C13H12ClF3N4/c1-6-11(18)19-7(2)20-12(6)21-10-4-3-8(14)5-9(10)13(15,16)17/h3-5H,1-2H3,(H3,18,19,20,21). The van der Waals surface area contributed by atoms with Crippen molar-refractivity contribution >= 4 is 28.9 Å². The summed E-state index contributed by atoms with van der Waals surface area (Å²) in [6.07, 6.45) is -4.53. The van der Waals surface area contributed by atoms with Gasteiger partial charge in [-0.1, -0.05) is 11.6 Å². The van der Waals surface area contributed by atoms with Gasteiger partial charge in [0, 0.05) is 10.6 Å². The average molecular weight is 317 g/mol. The molecule has 0 aliphatic rings. The number of rotatable bonds is 2. The molecule has 3 N–H and O–H groups in total. The van der Waals surface area contributed by atoms with Gasteiger partial charge < -0.3 is 11.1 Å². The number of nitrogens with two attached hydrogens (primary N) is 1. The molecule has 2 rings (SSSR count). The lowest BCUT2D eigenvalue weighted by atomic mass is 10.1. The molecule has 0 aliphatic carbocycles. The fraction of sp³-hybridized carbons (Fsp3) is 0.231. The number of nitrogen functional groups attached to an aromatic ring is 1. The summed E-state index contributed by atoms with van der Waals surface area (Å²) < 4.78 is 39.1. The number of benzene rings is 1. The first kappa shape index (κ1) is 15.4. The maximum absolute atomic E-state index is 13.0. The van der Waals surface area contributed by atoms with Gasteiger partial charge in [0.2, 0.25) is 0 Å². The Balaban J connectivity index is 2.50. The molecule has 8 heteroatoms. The predicted molar refractivity (Wildman–Crippen MR) is 75.7 cm³/mol. The Hall–Kier alpha value is -2.02. The van der Waals surface area contributed by atoms with E-state index in [0.717, 1.165) is 6.07 Å². The number of alkyl halides is 3. The van der Waals surface area contributed by atoms with Crippen LogP contribution in [0.2, 0.25) is 5.02 Å². The van der Waals surface area contributed by atoms with Gasteiger partial charge in [-0.2, -0.15) is 13.2 Å². The molecule has 0 radical (unpaired) electrons. The van der Waals surface area contributed by atoms with E-state index in [1.54, 1.807) is 13.8 Å². The normalized spacial score (nSPS) is 11.5. The van der Waals surface area contributed by atoms with Crippen LogP contribution in [0.15, 0.2) is 18.2 Å². The van der Waals surface area contributed by atoms with E-state index in [-0.39, 0.29) is 22.3 Å². The summed E-state index contributed by atoms with van der Waals surface area (Å²) >= 11 is 5.63. The first-order valence-corrected chi connectivity index (χ1v) is 6.31. The summed E-state index contributed by atoms with van der Waals surface area (Å²) in [7, 11) is 0. The number of hydrogen-bond acceptors (Lipinski definition) is 4. The minimum absolute atomic E-state index is 0.00276. The third kappa shape index (κ3) is 3.36. The van der Waals surface area contributed by atoms with E-state index in [2.05, 4.69) is 15.3 Å². The van der Waals surface area contributed by atoms with Crippen LogP contribution in [0.4, 0.5) is 30.5 Å². The van der Waals surface area contributed by atoms with E-state index in [1.807, 2.05) is 0 Å². The average Bonchev–Trinajstić information content (AvgIpc) is 2.36. The van der Waals surface area contributed by atoms with Crippen molar-refractivity contribution in [3.8, 4) is 0 Å². The Bertz CT molecular complexity index is 686. The summed E-state index contributed by atoms with van der Waals surface area (Å²) in [6, 6.07) is 3.47. The highest BCUT2D eigenvalue weighted by Crippen LogP contribution is 2.38.